The van der Waals surface area contributed by atoms with Gasteiger partial charge in [-0.1, -0.05) is 29.8 Å². The van der Waals surface area contributed by atoms with Crippen molar-refractivity contribution in [1.29, 1.82) is 0 Å². The Morgan fingerprint density at radius 1 is 1.14 bits per heavy atom. The predicted molar refractivity (Wildman–Crippen MR) is 83.4 cm³/mol. The standard InChI is InChI=1S/C17H14ClNO3/c1-19-10-14(20)16(17(19)21)13-9-11(18)7-8-15(13)22-12-5-3-2-4-6-12/h2-9,16H,10H2,1H3/t16-/m1/s1. The molecule has 1 saturated heterocycles. The zero-order chi connectivity index (χ0) is 15.7. The van der Waals surface area contributed by atoms with Crippen molar-refractivity contribution in [2.75, 3.05) is 13.6 Å². The molecule has 0 bridgehead atoms. The van der Waals surface area contributed by atoms with Gasteiger partial charge in [-0.05, 0) is 30.3 Å². The highest BCUT2D eigenvalue weighted by atomic mass is 35.5. The van der Waals surface area contributed by atoms with E-state index in [1.807, 2.05) is 30.3 Å². The summed E-state index contributed by atoms with van der Waals surface area (Å²) in [5.41, 5.74) is 0.510. The van der Waals surface area contributed by atoms with Gasteiger partial charge in [0.05, 0.1) is 6.54 Å². The van der Waals surface area contributed by atoms with E-state index in [9.17, 15) is 9.59 Å². The van der Waals surface area contributed by atoms with Crippen molar-refractivity contribution in [2.45, 2.75) is 5.92 Å². The smallest absolute Gasteiger partial charge is 0.238 e. The summed E-state index contributed by atoms with van der Waals surface area (Å²) < 4.78 is 5.83. The average molecular weight is 316 g/mol. The molecule has 22 heavy (non-hydrogen) atoms. The summed E-state index contributed by atoms with van der Waals surface area (Å²) in [5, 5.41) is 0.463. The topological polar surface area (TPSA) is 46.6 Å². The van der Waals surface area contributed by atoms with Crippen molar-refractivity contribution in [2.24, 2.45) is 0 Å². The van der Waals surface area contributed by atoms with E-state index in [0.717, 1.165) is 0 Å². The van der Waals surface area contributed by atoms with Gasteiger partial charge in [-0.25, -0.2) is 0 Å². The Hall–Kier alpha value is -2.33. The van der Waals surface area contributed by atoms with Gasteiger partial charge in [0.15, 0.2) is 5.78 Å². The zero-order valence-corrected chi connectivity index (χ0v) is 12.7. The average Bonchev–Trinajstić information content (AvgIpc) is 2.75. The molecule has 1 aliphatic rings. The largest absolute Gasteiger partial charge is 0.457 e. The summed E-state index contributed by atoms with van der Waals surface area (Å²) in [6.45, 7) is 0.112. The van der Waals surface area contributed by atoms with E-state index in [0.29, 0.717) is 22.1 Å². The zero-order valence-electron chi connectivity index (χ0n) is 12.0. The van der Waals surface area contributed by atoms with Gasteiger partial charge in [-0.15, -0.1) is 0 Å². The number of hydrogen-bond donors (Lipinski definition) is 0. The Morgan fingerprint density at radius 3 is 2.50 bits per heavy atom. The third-order valence-electron chi connectivity index (χ3n) is 3.59. The lowest BCUT2D eigenvalue weighted by Gasteiger charge is -2.15. The van der Waals surface area contributed by atoms with Crippen LogP contribution in [-0.2, 0) is 9.59 Å². The van der Waals surface area contributed by atoms with Crippen molar-refractivity contribution in [3.8, 4) is 11.5 Å². The van der Waals surface area contributed by atoms with E-state index in [1.54, 1.807) is 25.2 Å². The van der Waals surface area contributed by atoms with Crippen LogP contribution in [0.25, 0.3) is 0 Å². The summed E-state index contributed by atoms with van der Waals surface area (Å²) in [6.07, 6.45) is 0. The number of hydrogen-bond acceptors (Lipinski definition) is 3. The van der Waals surface area contributed by atoms with E-state index >= 15 is 0 Å². The first-order valence-corrected chi connectivity index (χ1v) is 7.24. The van der Waals surface area contributed by atoms with Gasteiger partial charge in [-0.3, -0.25) is 9.59 Å². The fourth-order valence-corrected chi connectivity index (χ4v) is 2.70. The van der Waals surface area contributed by atoms with Crippen LogP contribution in [-0.4, -0.2) is 30.2 Å². The lowest BCUT2D eigenvalue weighted by molar-refractivity contribution is -0.128. The summed E-state index contributed by atoms with van der Waals surface area (Å²) >= 11 is 6.04. The minimum absolute atomic E-state index is 0.112. The molecule has 0 aliphatic carbocycles. The fourth-order valence-electron chi connectivity index (χ4n) is 2.52. The summed E-state index contributed by atoms with van der Waals surface area (Å²) in [5.74, 6) is -0.116. The molecule has 1 amide bonds. The molecule has 0 spiro atoms. The first-order chi connectivity index (χ1) is 10.6. The van der Waals surface area contributed by atoms with Crippen molar-refractivity contribution < 1.29 is 14.3 Å². The van der Waals surface area contributed by atoms with Gasteiger partial charge in [0.25, 0.3) is 0 Å². The molecule has 0 aromatic heterocycles. The number of nitrogens with zero attached hydrogens (tertiary/aromatic N) is 1. The Morgan fingerprint density at radius 2 is 1.86 bits per heavy atom. The predicted octanol–water partition coefficient (Wildman–Crippen LogP) is 3.26. The number of para-hydroxylation sites is 1. The molecule has 1 atom stereocenters. The highest BCUT2D eigenvalue weighted by molar-refractivity contribution is 6.30. The minimum atomic E-state index is -0.845. The highest BCUT2D eigenvalue weighted by Gasteiger charge is 2.40. The monoisotopic (exact) mass is 315 g/mol. The Labute approximate surface area is 133 Å². The van der Waals surface area contributed by atoms with E-state index < -0.39 is 5.92 Å². The maximum Gasteiger partial charge on any atom is 0.238 e. The molecule has 4 nitrogen and oxygen atoms in total. The van der Waals surface area contributed by atoms with Crippen LogP contribution < -0.4 is 4.74 Å². The second-order valence-corrected chi connectivity index (χ2v) is 5.63. The number of Topliss-reactive ketones (excluding diaryl/α,β-unsaturated/α-hetero) is 1. The minimum Gasteiger partial charge on any atom is -0.457 e. The van der Waals surface area contributed by atoms with E-state index in [1.165, 1.54) is 4.90 Å². The lowest BCUT2D eigenvalue weighted by atomic mass is 9.95. The SMILES string of the molecule is CN1CC(=O)[C@@H](c2cc(Cl)ccc2Oc2ccccc2)C1=O. The molecule has 1 heterocycles. The number of ether oxygens (including phenoxy) is 1. The molecule has 0 unspecified atom stereocenters. The second-order valence-electron chi connectivity index (χ2n) is 5.19. The van der Waals surface area contributed by atoms with Gasteiger partial charge < -0.3 is 9.64 Å². The van der Waals surface area contributed by atoms with E-state index in [-0.39, 0.29) is 18.2 Å². The lowest BCUT2D eigenvalue weighted by Crippen LogP contribution is -2.21. The highest BCUT2D eigenvalue weighted by Crippen LogP contribution is 2.36. The van der Waals surface area contributed by atoms with Crippen LogP contribution in [0.4, 0.5) is 0 Å². The van der Waals surface area contributed by atoms with Gasteiger partial charge in [0.1, 0.15) is 17.4 Å². The number of ketones is 1. The quantitative estimate of drug-likeness (QED) is 0.817. The molecule has 1 fully saturated rings. The molecule has 3 rings (SSSR count). The fraction of sp³-hybridized carbons (Fsp3) is 0.176. The van der Waals surface area contributed by atoms with Crippen LogP contribution in [0, 0.1) is 0 Å². The summed E-state index contributed by atoms with van der Waals surface area (Å²) in [4.78, 5) is 25.8. The molecule has 2 aromatic rings. The summed E-state index contributed by atoms with van der Waals surface area (Å²) in [7, 11) is 1.61. The third kappa shape index (κ3) is 2.70. The van der Waals surface area contributed by atoms with Crippen molar-refractivity contribution in [3.63, 3.8) is 0 Å². The van der Waals surface area contributed by atoms with Crippen molar-refractivity contribution in [1.82, 2.24) is 4.90 Å². The number of amides is 1. The Kier molecular flexibility index (Phi) is 3.86. The van der Waals surface area contributed by atoms with Gasteiger partial charge in [0.2, 0.25) is 5.91 Å². The van der Waals surface area contributed by atoms with Crippen molar-refractivity contribution in [3.05, 3.63) is 59.1 Å². The van der Waals surface area contributed by atoms with Crippen LogP contribution in [0.1, 0.15) is 11.5 Å². The molecule has 0 N–H and O–H groups in total. The van der Waals surface area contributed by atoms with Crippen LogP contribution in [0.15, 0.2) is 48.5 Å². The second kappa shape index (κ2) is 5.81. The Bertz CT molecular complexity index is 730. The molecule has 0 saturated carbocycles. The first kappa shape index (κ1) is 14.6. The number of benzene rings is 2. The number of carbonyl (C=O) groups is 2. The molecular weight excluding hydrogens is 302 g/mol. The summed E-state index contributed by atoms with van der Waals surface area (Å²) in [6, 6.07) is 14.2. The number of rotatable bonds is 3. The maximum atomic E-state index is 12.2. The number of likely N-dealkylation sites (N-methyl/N-ethyl adjacent to an activating group) is 1. The molecule has 0 radical (unpaired) electrons. The maximum absolute atomic E-state index is 12.2. The Balaban J connectivity index is 2.02. The van der Waals surface area contributed by atoms with Crippen LogP contribution in [0.2, 0.25) is 5.02 Å². The molecule has 112 valence electrons. The molecular formula is C17H14ClNO3. The van der Waals surface area contributed by atoms with Crippen LogP contribution in [0.3, 0.4) is 0 Å². The number of carbonyl (C=O) groups excluding carboxylic acids is 2. The van der Waals surface area contributed by atoms with E-state index in [4.69, 9.17) is 16.3 Å². The van der Waals surface area contributed by atoms with Gasteiger partial charge >= 0.3 is 0 Å². The molecule has 5 heteroatoms. The van der Waals surface area contributed by atoms with Gasteiger partial charge in [0, 0.05) is 17.6 Å². The number of likely N-dealkylation sites (tertiary alicyclic amines) is 1. The molecule has 1 aliphatic heterocycles. The number of halogens is 1. The van der Waals surface area contributed by atoms with Crippen LogP contribution in [0.5, 0.6) is 11.5 Å². The third-order valence-corrected chi connectivity index (χ3v) is 3.83. The van der Waals surface area contributed by atoms with Crippen LogP contribution >= 0.6 is 11.6 Å². The van der Waals surface area contributed by atoms with E-state index in [2.05, 4.69) is 0 Å². The van der Waals surface area contributed by atoms with Crippen molar-refractivity contribution >= 4 is 23.3 Å². The first-order valence-electron chi connectivity index (χ1n) is 6.86. The van der Waals surface area contributed by atoms with Gasteiger partial charge in [-0.2, -0.15) is 0 Å². The normalized spacial score (nSPS) is 17.9. The molecule has 2 aromatic carbocycles.